The Hall–Kier alpha value is -3.15. The average Bonchev–Trinajstić information content (AvgIpc) is 2.94. The molecule has 3 amide bonds. The van der Waals surface area contributed by atoms with Crippen LogP contribution in [0.25, 0.3) is 0 Å². The number of methoxy groups -OCH3 is 1. The van der Waals surface area contributed by atoms with Gasteiger partial charge in [-0.2, -0.15) is 0 Å². The quantitative estimate of drug-likeness (QED) is 0.877. The van der Waals surface area contributed by atoms with Crippen LogP contribution in [0.15, 0.2) is 48.5 Å². The van der Waals surface area contributed by atoms with Gasteiger partial charge in [0.2, 0.25) is 11.8 Å². The molecule has 6 nitrogen and oxygen atoms in total. The molecule has 24 heavy (non-hydrogen) atoms. The van der Waals surface area contributed by atoms with Gasteiger partial charge in [0.1, 0.15) is 5.75 Å². The molecule has 0 aliphatic carbocycles. The Balaban J connectivity index is 1.86. The highest BCUT2D eigenvalue weighted by Gasteiger charge is 2.30. The molecule has 6 heteroatoms. The number of amides is 3. The van der Waals surface area contributed by atoms with Crippen LogP contribution in [0.5, 0.6) is 5.75 Å². The number of imide groups is 1. The number of hydrogen-bond acceptors (Lipinski definition) is 4. The van der Waals surface area contributed by atoms with E-state index in [1.54, 1.807) is 42.5 Å². The smallest absolute Gasteiger partial charge is 0.255 e. The number of rotatable bonds is 4. The van der Waals surface area contributed by atoms with E-state index in [2.05, 4.69) is 5.32 Å². The first-order chi connectivity index (χ1) is 11.6. The summed E-state index contributed by atoms with van der Waals surface area (Å²) in [6.45, 7) is 0. The van der Waals surface area contributed by atoms with Crippen molar-refractivity contribution in [2.75, 3.05) is 17.3 Å². The van der Waals surface area contributed by atoms with Crippen molar-refractivity contribution in [1.29, 1.82) is 0 Å². The SMILES string of the molecule is COc1cc(N2C(=O)CCC2=O)ccc1NC(=O)c1ccccc1. The van der Waals surface area contributed by atoms with E-state index in [1.165, 1.54) is 7.11 Å². The van der Waals surface area contributed by atoms with Crippen molar-refractivity contribution in [3.63, 3.8) is 0 Å². The molecule has 1 N–H and O–H groups in total. The molecule has 1 saturated heterocycles. The van der Waals surface area contributed by atoms with E-state index in [9.17, 15) is 14.4 Å². The van der Waals surface area contributed by atoms with E-state index in [4.69, 9.17) is 4.74 Å². The van der Waals surface area contributed by atoms with Gasteiger partial charge in [-0.1, -0.05) is 18.2 Å². The second-order valence-corrected chi connectivity index (χ2v) is 5.33. The van der Waals surface area contributed by atoms with Crippen LogP contribution in [0.1, 0.15) is 23.2 Å². The summed E-state index contributed by atoms with van der Waals surface area (Å²) in [5.41, 5.74) is 1.43. The van der Waals surface area contributed by atoms with E-state index in [0.717, 1.165) is 4.90 Å². The van der Waals surface area contributed by atoms with Gasteiger partial charge in [0.15, 0.2) is 0 Å². The summed E-state index contributed by atoms with van der Waals surface area (Å²) < 4.78 is 5.29. The van der Waals surface area contributed by atoms with E-state index in [-0.39, 0.29) is 30.6 Å². The normalized spacial score (nSPS) is 14.0. The lowest BCUT2D eigenvalue weighted by molar-refractivity contribution is -0.121. The predicted molar refractivity (Wildman–Crippen MR) is 89.1 cm³/mol. The number of carbonyl (C=O) groups excluding carboxylic acids is 3. The average molecular weight is 324 g/mol. The summed E-state index contributed by atoms with van der Waals surface area (Å²) >= 11 is 0. The maximum Gasteiger partial charge on any atom is 0.255 e. The first kappa shape index (κ1) is 15.7. The maximum absolute atomic E-state index is 12.2. The third-order valence-electron chi connectivity index (χ3n) is 3.78. The molecule has 1 fully saturated rings. The molecule has 0 radical (unpaired) electrons. The van der Waals surface area contributed by atoms with Crippen LogP contribution in [-0.2, 0) is 9.59 Å². The van der Waals surface area contributed by atoms with Crippen molar-refractivity contribution in [2.24, 2.45) is 0 Å². The second-order valence-electron chi connectivity index (χ2n) is 5.33. The van der Waals surface area contributed by atoms with Crippen LogP contribution in [-0.4, -0.2) is 24.8 Å². The minimum atomic E-state index is -0.269. The summed E-state index contributed by atoms with van der Waals surface area (Å²) in [7, 11) is 1.46. The molecule has 0 saturated carbocycles. The highest BCUT2D eigenvalue weighted by atomic mass is 16.5. The number of ether oxygens (including phenoxy) is 1. The lowest BCUT2D eigenvalue weighted by Crippen LogP contribution is -2.28. The van der Waals surface area contributed by atoms with Crippen LogP contribution in [0.4, 0.5) is 11.4 Å². The third kappa shape index (κ3) is 2.99. The molecule has 1 heterocycles. The summed E-state index contributed by atoms with van der Waals surface area (Å²) in [5.74, 6) is -0.356. The Morgan fingerprint density at radius 1 is 1.04 bits per heavy atom. The standard InChI is InChI=1S/C18H16N2O4/c1-24-15-11-13(20-16(21)9-10-17(20)22)7-8-14(15)19-18(23)12-5-3-2-4-6-12/h2-8,11H,9-10H2,1H3,(H,19,23). The molecule has 1 aliphatic heterocycles. The lowest BCUT2D eigenvalue weighted by Gasteiger charge is -2.17. The fraction of sp³-hybridized carbons (Fsp3) is 0.167. The second kappa shape index (κ2) is 6.54. The Kier molecular flexibility index (Phi) is 4.29. The molecule has 122 valence electrons. The van der Waals surface area contributed by atoms with Gasteiger partial charge in [-0.05, 0) is 24.3 Å². The fourth-order valence-electron chi connectivity index (χ4n) is 2.57. The fourth-order valence-corrected chi connectivity index (χ4v) is 2.57. The minimum absolute atomic E-state index is 0.216. The maximum atomic E-state index is 12.2. The van der Waals surface area contributed by atoms with Crippen molar-refractivity contribution in [1.82, 2.24) is 0 Å². The molecule has 2 aromatic carbocycles. The van der Waals surface area contributed by atoms with Crippen LogP contribution in [0.2, 0.25) is 0 Å². The molecule has 0 spiro atoms. The van der Waals surface area contributed by atoms with Crippen LogP contribution >= 0.6 is 0 Å². The zero-order valence-corrected chi connectivity index (χ0v) is 13.1. The first-order valence-electron chi connectivity index (χ1n) is 7.50. The molecule has 0 atom stereocenters. The minimum Gasteiger partial charge on any atom is -0.494 e. The Morgan fingerprint density at radius 2 is 1.71 bits per heavy atom. The van der Waals surface area contributed by atoms with Crippen molar-refractivity contribution in [3.8, 4) is 5.75 Å². The van der Waals surface area contributed by atoms with Gasteiger partial charge in [0.25, 0.3) is 5.91 Å². The summed E-state index contributed by atoms with van der Waals surface area (Å²) in [5, 5.41) is 2.77. The Morgan fingerprint density at radius 3 is 2.33 bits per heavy atom. The van der Waals surface area contributed by atoms with Crippen LogP contribution in [0, 0.1) is 0 Å². The van der Waals surface area contributed by atoms with Gasteiger partial charge in [-0.25, -0.2) is 0 Å². The van der Waals surface area contributed by atoms with Crippen molar-refractivity contribution in [3.05, 3.63) is 54.1 Å². The Labute approximate surface area is 139 Å². The molecular weight excluding hydrogens is 308 g/mol. The van der Waals surface area contributed by atoms with E-state index in [0.29, 0.717) is 22.7 Å². The van der Waals surface area contributed by atoms with Crippen LogP contribution in [0.3, 0.4) is 0 Å². The predicted octanol–water partition coefficient (Wildman–Crippen LogP) is 2.60. The third-order valence-corrected chi connectivity index (χ3v) is 3.78. The van der Waals surface area contributed by atoms with Gasteiger partial charge < -0.3 is 10.1 Å². The molecule has 1 aliphatic rings. The molecule has 0 aromatic heterocycles. The molecule has 0 unspecified atom stereocenters. The first-order valence-corrected chi connectivity index (χ1v) is 7.50. The number of benzene rings is 2. The molecular formula is C18H16N2O4. The highest BCUT2D eigenvalue weighted by molar-refractivity contribution is 6.20. The number of carbonyl (C=O) groups is 3. The van der Waals surface area contributed by atoms with Gasteiger partial charge in [0.05, 0.1) is 18.5 Å². The van der Waals surface area contributed by atoms with Crippen molar-refractivity contribution < 1.29 is 19.1 Å². The highest BCUT2D eigenvalue weighted by Crippen LogP contribution is 2.32. The summed E-state index contributed by atoms with van der Waals surface area (Å²) in [4.78, 5) is 37.0. The van der Waals surface area contributed by atoms with E-state index in [1.807, 2.05) is 6.07 Å². The topological polar surface area (TPSA) is 75.7 Å². The molecule has 2 aromatic rings. The van der Waals surface area contributed by atoms with Gasteiger partial charge in [0, 0.05) is 24.5 Å². The number of nitrogens with one attached hydrogen (secondary N) is 1. The zero-order chi connectivity index (χ0) is 17.1. The number of anilines is 2. The van der Waals surface area contributed by atoms with Gasteiger partial charge >= 0.3 is 0 Å². The zero-order valence-electron chi connectivity index (χ0n) is 13.1. The Bertz CT molecular complexity index is 786. The number of nitrogens with zero attached hydrogens (tertiary/aromatic N) is 1. The largest absolute Gasteiger partial charge is 0.494 e. The summed E-state index contributed by atoms with van der Waals surface area (Å²) in [6.07, 6.45) is 0.432. The van der Waals surface area contributed by atoms with E-state index < -0.39 is 0 Å². The molecule has 3 rings (SSSR count). The number of hydrogen-bond donors (Lipinski definition) is 1. The van der Waals surface area contributed by atoms with Crippen molar-refractivity contribution in [2.45, 2.75) is 12.8 Å². The van der Waals surface area contributed by atoms with E-state index >= 15 is 0 Å². The van der Waals surface area contributed by atoms with Gasteiger partial charge in [-0.3, -0.25) is 19.3 Å². The summed E-state index contributed by atoms with van der Waals surface area (Å²) in [6, 6.07) is 13.6. The molecule has 0 bridgehead atoms. The van der Waals surface area contributed by atoms with Crippen LogP contribution < -0.4 is 15.0 Å². The van der Waals surface area contributed by atoms with Crippen molar-refractivity contribution >= 4 is 29.1 Å². The lowest BCUT2D eigenvalue weighted by atomic mass is 10.2. The van der Waals surface area contributed by atoms with Gasteiger partial charge in [-0.15, -0.1) is 0 Å². The monoisotopic (exact) mass is 324 g/mol.